The van der Waals surface area contributed by atoms with Crippen molar-refractivity contribution in [2.75, 3.05) is 20.2 Å². The largest absolute Gasteiger partial charge is 0.496 e. The number of nitrogens with zero attached hydrogens (tertiary/aromatic N) is 1. The minimum atomic E-state index is 0.895. The first-order chi connectivity index (χ1) is 8.21. The predicted octanol–water partition coefficient (Wildman–Crippen LogP) is 4.08. The predicted molar refractivity (Wildman–Crippen MR) is 76.6 cm³/mol. The summed E-state index contributed by atoms with van der Waals surface area (Å²) in [6.45, 7) is 7.80. The van der Waals surface area contributed by atoms with Crippen molar-refractivity contribution < 1.29 is 4.74 Å². The van der Waals surface area contributed by atoms with Gasteiger partial charge in [0.05, 0.1) is 11.6 Å². The van der Waals surface area contributed by atoms with Crippen molar-refractivity contribution in [2.24, 2.45) is 0 Å². The Bertz CT molecular complexity index is 335. The van der Waals surface area contributed by atoms with Crippen LogP contribution in [0.1, 0.15) is 32.3 Å². The lowest BCUT2D eigenvalue weighted by Gasteiger charge is -2.21. The van der Waals surface area contributed by atoms with Gasteiger partial charge in [0.2, 0.25) is 0 Å². The molecule has 1 aromatic carbocycles. The Morgan fingerprint density at radius 2 is 1.82 bits per heavy atom. The third kappa shape index (κ3) is 4.68. The standard InChI is InChI=1S/C14H22BrNO/c1-4-8-16(9-5-2)11-12-6-7-14(17-3)13(15)10-12/h6-7,10H,4-5,8-9,11H2,1-3H3. The van der Waals surface area contributed by atoms with Crippen LogP contribution in [0.25, 0.3) is 0 Å². The summed E-state index contributed by atoms with van der Waals surface area (Å²) in [7, 11) is 1.69. The summed E-state index contributed by atoms with van der Waals surface area (Å²) in [6, 6.07) is 6.31. The van der Waals surface area contributed by atoms with E-state index >= 15 is 0 Å². The van der Waals surface area contributed by atoms with Crippen molar-refractivity contribution in [1.29, 1.82) is 0 Å². The third-order valence-electron chi connectivity index (χ3n) is 2.70. The average molecular weight is 300 g/mol. The molecule has 96 valence electrons. The van der Waals surface area contributed by atoms with E-state index < -0.39 is 0 Å². The molecule has 0 bridgehead atoms. The molecule has 0 atom stereocenters. The van der Waals surface area contributed by atoms with Gasteiger partial charge < -0.3 is 4.74 Å². The first-order valence-electron chi connectivity index (χ1n) is 6.26. The van der Waals surface area contributed by atoms with E-state index in [0.717, 1.165) is 29.9 Å². The second-order valence-corrected chi connectivity index (χ2v) is 5.10. The highest BCUT2D eigenvalue weighted by Gasteiger charge is 2.06. The Morgan fingerprint density at radius 3 is 2.29 bits per heavy atom. The zero-order chi connectivity index (χ0) is 12.7. The molecule has 0 heterocycles. The van der Waals surface area contributed by atoms with Gasteiger partial charge in [-0.25, -0.2) is 0 Å². The number of methoxy groups -OCH3 is 1. The summed E-state index contributed by atoms with van der Waals surface area (Å²) in [5.41, 5.74) is 1.33. The smallest absolute Gasteiger partial charge is 0.133 e. The van der Waals surface area contributed by atoms with E-state index in [0.29, 0.717) is 0 Å². The number of benzene rings is 1. The average Bonchev–Trinajstić information content (AvgIpc) is 2.30. The van der Waals surface area contributed by atoms with Gasteiger partial charge in [-0.3, -0.25) is 4.90 Å². The van der Waals surface area contributed by atoms with Gasteiger partial charge in [-0.05, 0) is 59.6 Å². The third-order valence-corrected chi connectivity index (χ3v) is 3.32. The van der Waals surface area contributed by atoms with Crippen molar-refractivity contribution in [3.63, 3.8) is 0 Å². The molecule has 0 N–H and O–H groups in total. The maximum atomic E-state index is 5.24. The lowest BCUT2D eigenvalue weighted by Crippen LogP contribution is -2.24. The molecule has 0 aliphatic carbocycles. The highest BCUT2D eigenvalue weighted by atomic mass is 79.9. The Morgan fingerprint density at radius 1 is 1.18 bits per heavy atom. The molecule has 0 saturated carbocycles. The summed E-state index contributed by atoms with van der Waals surface area (Å²) in [5, 5.41) is 0. The summed E-state index contributed by atoms with van der Waals surface area (Å²) < 4.78 is 6.27. The lowest BCUT2D eigenvalue weighted by molar-refractivity contribution is 0.266. The minimum Gasteiger partial charge on any atom is -0.496 e. The van der Waals surface area contributed by atoms with Crippen molar-refractivity contribution >= 4 is 15.9 Å². The molecular formula is C14H22BrNO. The van der Waals surface area contributed by atoms with Crippen molar-refractivity contribution in [3.05, 3.63) is 28.2 Å². The van der Waals surface area contributed by atoms with E-state index in [2.05, 4.69) is 46.8 Å². The molecule has 2 nitrogen and oxygen atoms in total. The van der Waals surface area contributed by atoms with Crippen molar-refractivity contribution in [3.8, 4) is 5.75 Å². The molecule has 17 heavy (non-hydrogen) atoms. The molecule has 1 aromatic rings. The van der Waals surface area contributed by atoms with E-state index in [9.17, 15) is 0 Å². The van der Waals surface area contributed by atoms with Crippen LogP contribution in [-0.4, -0.2) is 25.1 Å². The zero-order valence-corrected chi connectivity index (χ0v) is 12.6. The molecule has 0 radical (unpaired) electrons. The van der Waals surface area contributed by atoms with Gasteiger partial charge in [0, 0.05) is 6.54 Å². The maximum Gasteiger partial charge on any atom is 0.133 e. The normalized spacial score (nSPS) is 10.9. The molecular weight excluding hydrogens is 278 g/mol. The second kappa shape index (κ2) is 7.72. The van der Waals surface area contributed by atoms with Crippen LogP contribution in [0.15, 0.2) is 22.7 Å². The molecule has 0 aliphatic rings. The molecule has 1 rings (SSSR count). The minimum absolute atomic E-state index is 0.895. The first kappa shape index (κ1) is 14.5. The highest BCUT2D eigenvalue weighted by Crippen LogP contribution is 2.26. The van der Waals surface area contributed by atoms with Crippen molar-refractivity contribution in [1.82, 2.24) is 4.90 Å². The molecule has 3 heteroatoms. The van der Waals surface area contributed by atoms with Crippen LogP contribution < -0.4 is 4.74 Å². The SMILES string of the molecule is CCCN(CCC)Cc1ccc(OC)c(Br)c1. The molecule has 0 fully saturated rings. The Balaban J connectivity index is 2.68. The molecule has 0 saturated heterocycles. The van der Waals surface area contributed by atoms with Crippen LogP contribution in [0.2, 0.25) is 0 Å². The summed E-state index contributed by atoms with van der Waals surface area (Å²) >= 11 is 3.53. The highest BCUT2D eigenvalue weighted by molar-refractivity contribution is 9.10. The lowest BCUT2D eigenvalue weighted by atomic mass is 10.2. The maximum absolute atomic E-state index is 5.24. The fourth-order valence-electron chi connectivity index (χ4n) is 1.97. The van der Waals surface area contributed by atoms with Gasteiger partial charge in [0.25, 0.3) is 0 Å². The van der Waals surface area contributed by atoms with Crippen LogP contribution in [0.5, 0.6) is 5.75 Å². The summed E-state index contributed by atoms with van der Waals surface area (Å²) in [5.74, 6) is 0.895. The van der Waals surface area contributed by atoms with Gasteiger partial charge in [-0.2, -0.15) is 0 Å². The van der Waals surface area contributed by atoms with Gasteiger partial charge in [0.15, 0.2) is 0 Å². The number of rotatable bonds is 7. The second-order valence-electron chi connectivity index (χ2n) is 4.25. The van der Waals surface area contributed by atoms with E-state index in [4.69, 9.17) is 4.74 Å². The van der Waals surface area contributed by atoms with E-state index in [1.54, 1.807) is 7.11 Å². The fraction of sp³-hybridized carbons (Fsp3) is 0.571. The van der Waals surface area contributed by atoms with Gasteiger partial charge in [-0.15, -0.1) is 0 Å². The molecule has 0 aliphatic heterocycles. The van der Waals surface area contributed by atoms with E-state index in [1.807, 2.05) is 6.07 Å². The van der Waals surface area contributed by atoms with E-state index in [-0.39, 0.29) is 0 Å². The van der Waals surface area contributed by atoms with Crippen LogP contribution in [-0.2, 0) is 6.54 Å². The summed E-state index contributed by atoms with van der Waals surface area (Å²) in [6.07, 6.45) is 2.41. The summed E-state index contributed by atoms with van der Waals surface area (Å²) in [4.78, 5) is 2.49. The number of hydrogen-bond acceptors (Lipinski definition) is 2. The topological polar surface area (TPSA) is 12.5 Å². The monoisotopic (exact) mass is 299 g/mol. The van der Waals surface area contributed by atoms with Crippen LogP contribution in [0.4, 0.5) is 0 Å². The Kier molecular flexibility index (Phi) is 6.60. The van der Waals surface area contributed by atoms with Crippen LogP contribution in [0.3, 0.4) is 0 Å². The van der Waals surface area contributed by atoms with Gasteiger partial charge in [0.1, 0.15) is 5.75 Å². The zero-order valence-electron chi connectivity index (χ0n) is 11.0. The Labute approximate surface area is 113 Å². The van der Waals surface area contributed by atoms with Crippen LogP contribution >= 0.6 is 15.9 Å². The molecule has 0 amide bonds. The molecule has 0 unspecified atom stereocenters. The molecule has 0 aromatic heterocycles. The van der Waals surface area contributed by atoms with E-state index in [1.165, 1.54) is 18.4 Å². The first-order valence-corrected chi connectivity index (χ1v) is 7.05. The molecule has 0 spiro atoms. The number of halogens is 1. The number of hydrogen-bond donors (Lipinski definition) is 0. The van der Waals surface area contributed by atoms with Gasteiger partial charge in [-0.1, -0.05) is 19.9 Å². The Hall–Kier alpha value is -0.540. The van der Waals surface area contributed by atoms with Gasteiger partial charge >= 0.3 is 0 Å². The van der Waals surface area contributed by atoms with Crippen molar-refractivity contribution in [2.45, 2.75) is 33.2 Å². The quantitative estimate of drug-likeness (QED) is 0.752. The number of ether oxygens (including phenoxy) is 1. The van der Waals surface area contributed by atoms with Crippen LogP contribution in [0, 0.1) is 0 Å². The fourth-order valence-corrected chi connectivity index (χ4v) is 2.56.